The molecule has 1 N–H and O–H groups in total. The first-order valence-corrected chi connectivity index (χ1v) is 13.2. The standard InChI is InChI=1S/C22H27N5O3S2/c1-25-10-12-26(13-11-25)32(29,30)18-7-5-6-17(14-18)23-22(28)15-27-20-9-4-3-8-19(20)24-21(27)16-31-2/h3-9,14H,10-13,15-16H2,1-2H3,(H,23,28). The number of nitrogens with one attached hydrogen (secondary N) is 1. The Balaban J connectivity index is 1.51. The van der Waals surface area contributed by atoms with Crippen LogP contribution >= 0.6 is 11.8 Å². The number of fused-ring (bicyclic) bond motifs is 1. The molecular formula is C22H27N5O3S2. The van der Waals surface area contributed by atoms with Crippen molar-refractivity contribution in [1.29, 1.82) is 0 Å². The fourth-order valence-electron chi connectivity index (χ4n) is 3.80. The Kier molecular flexibility index (Phi) is 6.85. The van der Waals surface area contributed by atoms with E-state index in [-0.39, 0.29) is 17.3 Å². The van der Waals surface area contributed by atoms with Crippen LogP contribution in [0.2, 0.25) is 0 Å². The molecule has 4 rings (SSSR count). The Labute approximate surface area is 192 Å². The highest BCUT2D eigenvalue weighted by Gasteiger charge is 2.27. The normalized spacial score (nSPS) is 15.8. The number of hydrogen-bond donors (Lipinski definition) is 1. The zero-order valence-corrected chi connectivity index (χ0v) is 19.8. The summed E-state index contributed by atoms with van der Waals surface area (Å²) in [5.74, 6) is 1.30. The molecule has 1 saturated heterocycles. The van der Waals surface area contributed by atoms with E-state index >= 15 is 0 Å². The van der Waals surface area contributed by atoms with Crippen molar-refractivity contribution in [2.75, 3.05) is 44.8 Å². The summed E-state index contributed by atoms with van der Waals surface area (Å²) in [6, 6.07) is 14.2. The highest BCUT2D eigenvalue weighted by molar-refractivity contribution is 7.97. The van der Waals surface area contributed by atoms with Crippen molar-refractivity contribution in [3.05, 3.63) is 54.4 Å². The number of anilines is 1. The van der Waals surface area contributed by atoms with E-state index < -0.39 is 10.0 Å². The summed E-state index contributed by atoms with van der Waals surface area (Å²) >= 11 is 1.64. The van der Waals surface area contributed by atoms with Gasteiger partial charge in [-0.3, -0.25) is 4.79 Å². The van der Waals surface area contributed by atoms with Crippen molar-refractivity contribution in [3.63, 3.8) is 0 Å². The van der Waals surface area contributed by atoms with Crippen LogP contribution in [-0.4, -0.2) is 72.6 Å². The van der Waals surface area contributed by atoms with Crippen molar-refractivity contribution in [1.82, 2.24) is 18.8 Å². The molecule has 1 fully saturated rings. The van der Waals surface area contributed by atoms with Crippen LogP contribution in [0, 0.1) is 0 Å². The summed E-state index contributed by atoms with van der Waals surface area (Å²) in [5.41, 5.74) is 2.21. The van der Waals surface area contributed by atoms with E-state index in [0.717, 1.165) is 16.9 Å². The Morgan fingerprint density at radius 2 is 1.84 bits per heavy atom. The summed E-state index contributed by atoms with van der Waals surface area (Å²) in [7, 11) is -1.62. The number of imidazole rings is 1. The number of carbonyl (C=O) groups excluding carboxylic acids is 1. The zero-order chi connectivity index (χ0) is 22.7. The average Bonchev–Trinajstić information content (AvgIpc) is 3.11. The summed E-state index contributed by atoms with van der Waals surface area (Å²) in [6.45, 7) is 2.42. The third kappa shape index (κ3) is 4.83. The fraction of sp³-hybridized carbons (Fsp3) is 0.364. The van der Waals surface area contributed by atoms with Gasteiger partial charge in [0.2, 0.25) is 15.9 Å². The van der Waals surface area contributed by atoms with E-state index in [2.05, 4.69) is 15.2 Å². The fourth-order valence-corrected chi connectivity index (χ4v) is 5.74. The Morgan fingerprint density at radius 1 is 1.09 bits per heavy atom. The van der Waals surface area contributed by atoms with Crippen molar-refractivity contribution in [2.45, 2.75) is 17.2 Å². The van der Waals surface area contributed by atoms with E-state index in [4.69, 9.17) is 0 Å². The highest BCUT2D eigenvalue weighted by atomic mass is 32.2. The largest absolute Gasteiger partial charge is 0.324 e. The highest BCUT2D eigenvalue weighted by Crippen LogP contribution is 2.22. The minimum atomic E-state index is -3.60. The van der Waals surface area contributed by atoms with Gasteiger partial charge in [-0.25, -0.2) is 13.4 Å². The molecule has 0 spiro atoms. The van der Waals surface area contributed by atoms with Crippen LogP contribution in [0.25, 0.3) is 11.0 Å². The predicted octanol–water partition coefficient (Wildman–Crippen LogP) is 2.47. The number of thioether (sulfide) groups is 1. The topological polar surface area (TPSA) is 87.5 Å². The summed E-state index contributed by atoms with van der Waals surface area (Å²) < 4.78 is 29.5. The Morgan fingerprint density at radius 3 is 2.59 bits per heavy atom. The van der Waals surface area contributed by atoms with Crippen molar-refractivity contribution in [2.24, 2.45) is 0 Å². The maximum Gasteiger partial charge on any atom is 0.244 e. The molecule has 0 bridgehead atoms. The molecule has 0 aliphatic carbocycles. The second-order valence-corrected chi connectivity index (χ2v) is 10.6. The number of amides is 1. The van der Waals surface area contributed by atoms with E-state index in [1.807, 2.05) is 42.1 Å². The van der Waals surface area contributed by atoms with E-state index in [0.29, 0.717) is 37.6 Å². The third-order valence-corrected chi connectivity index (χ3v) is 7.97. The molecule has 2 aromatic carbocycles. The number of rotatable bonds is 7. The lowest BCUT2D eigenvalue weighted by Gasteiger charge is -2.31. The second kappa shape index (κ2) is 9.62. The van der Waals surface area contributed by atoms with Crippen molar-refractivity contribution >= 4 is 44.4 Å². The molecule has 1 aliphatic rings. The molecule has 1 aromatic heterocycles. The number of nitrogens with zero attached hydrogens (tertiary/aromatic N) is 4. The molecule has 0 radical (unpaired) electrons. The molecule has 1 amide bonds. The van der Waals surface area contributed by atoms with Gasteiger partial charge in [0, 0.05) is 31.9 Å². The average molecular weight is 474 g/mol. The first kappa shape index (κ1) is 22.8. The number of para-hydroxylation sites is 2. The smallest absolute Gasteiger partial charge is 0.244 e. The predicted molar refractivity (Wildman–Crippen MR) is 128 cm³/mol. The summed E-state index contributed by atoms with van der Waals surface area (Å²) in [6.07, 6.45) is 2.00. The maximum absolute atomic E-state index is 13.0. The van der Waals surface area contributed by atoms with Gasteiger partial charge in [0.15, 0.2) is 0 Å². The minimum absolute atomic E-state index is 0.103. The van der Waals surface area contributed by atoms with Gasteiger partial charge >= 0.3 is 0 Å². The number of benzene rings is 2. The van der Waals surface area contributed by atoms with Gasteiger partial charge in [0.05, 0.1) is 21.7 Å². The summed E-state index contributed by atoms with van der Waals surface area (Å²) in [5, 5.41) is 2.85. The number of sulfonamides is 1. The van der Waals surface area contributed by atoms with E-state index in [1.165, 1.54) is 10.4 Å². The SMILES string of the molecule is CSCc1nc2ccccc2n1CC(=O)Nc1cccc(S(=O)(=O)N2CCN(C)CC2)c1. The number of likely N-dealkylation sites (N-methyl/N-ethyl adjacent to an activating group) is 1. The van der Waals surface area contributed by atoms with Gasteiger partial charge in [-0.15, -0.1) is 0 Å². The quantitative estimate of drug-likeness (QED) is 0.567. The zero-order valence-electron chi connectivity index (χ0n) is 18.2. The molecular weight excluding hydrogens is 446 g/mol. The molecule has 170 valence electrons. The molecule has 3 aromatic rings. The molecule has 1 aliphatic heterocycles. The van der Waals surface area contributed by atoms with Gasteiger partial charge in [-0.1, -0.05) is 18.2 Å². The van der Waals surface area contributed by atoms with Crippen LogP contribution in [0.5, 0.6) is 0 Å². The van der Waals surface area contributed by atoms with Crippen molar-refractivity contribution < 1.29 is 13.2 Å². The lowest BCUT2D eigenvalue weighted by atomic mass is 10.3. The van der Waals surface area contributed by atoms with Gasteiger partial charge in [0.25, 0.3) is 0 Å². The Bertz CT molecular complexity index is 1220. The molecule has 32 heavy (non-hydrogen) atoms. The Hall–Kier alpha value is -2.40. The van der Waals surface area contributed by atoms with Gasteiger partial charge < -0.3 is 14.8 Å². The van der Waals surface area contributed by atoms with Gasteiger partial charge in [0.1, 0.15) is 12.4 Å². The van der Waals surface area contributed by atoms with Crippen LogP contribution in [0.1, 0.15) is 5.82 Å². The third-order valence-electron chi connectivity index (χ3n) is 5.53. The second-order valence-electron chi connectivity index (χ2n) is 7.82. The van der Waals surface area contributed by atoms with Crippen LogP contribution in [0.3, 0.4) is 0 Å². The van der Waals surface area contributed by atoms with Crippen LogP contribution < -0.4 is 5.32 Å². The molecule has 0 saturated carbocycles. The van der Waals surface area contributed by atoms with Crippen LogP contribution in [0.15, 0.2) is 53.4 Å². The lowest BCUT2D eigenvalue weighted by Crippen LogP contribution is -2.47. The molecule has 10 heteroatoms. The molecule has 8 nitrogen and oxygen atoms in total. The summed E-state index contributed by atoms with van der Waals surface area (Å²) in [4.78, 5) is 19.8. The molecule has 0 atom stereocenters. The number of aromatic nitrogens is 2. The van der Waals surface area contributed by atoms with Gasteiger partial charge in [-0.2, -0.15) is 16.1 Å². The van der Waals surface area contributed by atoms with E-state index in [9.17, 15) is 13.2 Å². The van der Waals surface area contributed by atoms with Gasteiger partial charge in [-0.05, 0) is 43.6 Å². The van der Waals surface area contributed by atoms with Crippen LogP contribution in [-0.2, 0) is 27.1 Å². The first-order chi connectivity index (χ1) is 15.4. The van der Waals surface area contributed by atoms with Crippen molar-refractivity contribution in [3.8, 4) is 0 Å². The number of piperazine rings is 1. The molecule has 2 heterocycles. The number of carbonyl (C=O) groups is 1. The minimum Gasteiger partial charge on any atom is -0.324 e. The molecule has 0 unspecified atom stereocenters. The number of hydrogen-bond acceptors (Lipinski definition) is 6. The van der Waals surface area contributed by atoms with Crippen LogP contribution in [0.4, 0.5) is 5.69 Å². The monoisotopic (exact) mass is 473 g/mol. The lowest BCUT2D eigenvalue weighted by molar-refractivity contribution is -0.116. The maximum atomic E-state index is 13.0. The van der Waals surface area contributed by atoms with E-state index in [1.54, 1.807) is 30.0 Å². The first-order valence-electron chi connectivity index (χ1n) is 10.4.